The summed E-state index contributed by atoms with van der Waals surface area (Å²) in [6.07, 6.45) is -4.87. The summed E-state index contributed by atoms with van der Waals surface area (Å²) in [5, 5.41) is 8.89. The second kappa shape index (κ2) is 7.58. The van der Waals surface area contributed by atoms with Crippen LogP contribution in [-0.4, -0.2) is 59.6 Å². The molecular formula is C12H17ClO8. The lowest BCUT2D eigenvalue weighted by atomic mass is 10.0. The maximum atomic E-state index is 11.1. The molecule has 1 fully saturated rings. The van der Waals surface area contributed by atoms with E-state index in [2.05, 4.69) is 0 Å². The van der Waals surface area contributed by atoms with Crippen molar-refractivity contribution in [2.45, 2.75) is 50.8 Å². The van der Waals surface area contributed by atoms with E-state index in [1.165, 1.54) is 6.92 Å². The molecule has 1 aliphatic rings. The van der Waals surface area contributed by atoms with Gasteiger partial charge in [0.2, 0.25) is 0 Å². The van der Waals surface area contributed by atoms with E-state index in [0.29, 0.717) is 0 Å². The first-order valence-corrected chi connectivity index (χ1v) is 6.61. The molecule has 5 atom stereocenters. The van der Waals surface area contributed by atoms with Gasteiger partial charge >= 0.3 is 17.9 Å². The number of halogens is 1. The molecule has 0 aliphatic carbocycles. The zero-order chi connectivity index (χ0) is 16.2. The minimum Gasteiger partial charge on any atom is -0.463 e. The molecule has 9 heteroatoms. The average Bonchev–Trinajstić information content (AvgIpc) is 2.35. The van der Waals surface area contributed by atoms with Crippen molar-refractivity contribution in [3.63, 3.8) is 0 Å². The molecule has 8 nitrogen and oxygen atoms in total. The number of hydrogen-bond donors (Lipinski definition) is 1. The van der Waals surface area contributed by atoms with Crippen molar-refractivity contribution >= 4 is 29.5 Å². The predicted octanol–water partition coefficient (Wildman–Crippen LogP) is -0.262. The third-order valence-corrected chi connectivity index (χ3v) is 3.17. The van der Waals surface area contributed by atoms with E-state index < -0.39 is 47.9 Å². The lowest BCUT2D eigenvalue weighted by molar-refractivity contribution is -0.261. The highest BCUT2D eigenvalue weighted by Gasteiger charge is 2.49. The number of carbonyl (C=O) groups excluding carboxylic acids is 3. The summed E-state index contributed by atoms with van der Waals surface area (Å²) in [6.45, 7) is 3.25. The normalized spacial score (nSPS) is 32.1. The van der Waals surface area contributed by atoms with Crippen LogP contribution >= 0.6 is 11.6 Å². The summed E-state index contributed by atoms with van der Waals surface area (Å²) in [4.78, 5) is 33.0. The second-order valence-corrected chi connectivity index (χ2v) is 4.96. The topological polar surface area (TPSA) is 108 Å². The lowest BCUT2D eigenvalue weighted by Gasteiger charge is -2.40. The van der Waals surface area contributed by atoms with E-state index in [4.69, 9.17) is 30.5 Å². The fourth-order valence-corrected chi connectivity index (χ4v) is 2.18. The van der Waals surface area contributed by atoms with Gasteiger partial charge in [0, 0.05) is 20.8 Å². The van der Waals surface area contributed by atoms with Crippen molar-refractivity contribution in [2.75, 3.05) is 6.61 Å². The molecule has 0 aromatic rings. The predicted molar refractivity (Wildman–Crippen MR) is 68.3 cm³/mol. The summed E-state index contributed by atoms with van der Waals surface area (Å²) in [5.74, 6) is -1.91. The molecule has 1 heterocycles. The Labute approximate surface area is 126 Å². The highest BCUT2D eigenvalue weighted by atomic mass is 35.5. The Morgan fingerprint density at radius 2 is 1.57 bits per heavy atom. The molecule has 0 amide bonds. The number of aliphatic hydroxyl groups excluding tert-OH is 1. The monoisotopic (exact) mass is 324 g/mol. The van der Waals surface area contributed by atoms with E-state index in [0.717, 1.165) is 13.8 Å². The Hall–Kier alpha value is -1.38. The van der Waals surface area contributed by atoms with E-state index in [9.17, 15) is 19.5 Å². The van der Waals surface area contributed by atoms with Crippen LogP contribution in [-0.2, 0) is 33.3 Å². The Morgan fingerprint density at radius 3 is 2.05 bits per heavy atom. The Bertz CT molecular complexity index is 412. The highest BCUT2D eigenvalue weighted by molar-refractivity contribution is 6.21. The zero-order valence-electron chi connectivity index (χ0n) is 11.8. The molecule has 1 saturated heterocycles. The van der Waals surface area contributed by atoms with Gasteiger partial charge in [-0.15, -0.1) is 11.6 Å². The Balaban J connectivity index is 2.87. The first kappa shape index (κ1) is 17.7. The number of alkyl halides is 1. The third-order valence-electron chi connectivity index (χ3n) is 2.64. The van der Waals surface area contributed by atoms with Crippen LogP contribution in [0.5, 0.6) is 0 Å². The van der Waals surface area contributed by atoms with Gasteiger partial charge in [0.1, 0.15) is 18.1 Å². The lowest BCUT2D eigenvalue weighted by Crippen LogP contribution is -2.59. The number of aliphatic hydroxyl groups is 1. The van der Waals surface area contributed by atoms with E-state index in [-0.39, 0.29) is 6.61 Å². The largest absolute Gasteiger partial charge is 0.463 e. The summed E-state index contributed by atoms with van der Waals surface area (Å²) in [5.41, 5.74) is 0. The van der Waals surface area contributed by atoms with Gasteiger partial charge in [0.15, 0.2) is 18.5 Å². The molecule has 0 aromatic carbocycles. The molecule has 0 spiro atoms. The number of hydrogen-bond acceptors (Lipinski definition) is 8. The van der Waals surface area contributed by atoms with E-state index in [1.54, 1.807) is 0 Å². The van der Waals surface area contributed by atoms with Crippen LogP contribution in [0.4, 0.5) is 0 Å². The fraction of sp³-hybridized carbons (Fsp3) is 0.750. The molecule has 0 aromatic heterocycles. The van der Waals surface area contributed by atoms with Crippen LogP contribution in [0.3, 0.4) is 0 Å². The first-order chi connectivity index (χ1) is 9.72. The van der Waals surface area contributed by atoms with Crippen molar-refractivity contribution in [3.05, 3.63) is 0 Å². The van der Waals surface area contributed by atoms with Gasteiger partial charge in [-0.1, -0.05) is 0 Å². The summed E-state index contributed by atoms with van der Waals surface area (Å²) >= 11 is 6.12. The van der Waals surface area contributed by atoms with Gasteiger partial charge in [-0.25, -0.2) is 0 Å². The van der Waals surface area contributed by atoms with E-state index >= 15 is 0 Å². The fourth-order valence-electron chi connectivity index (χ4n) is 1.86. The van der Waals surface area contributed by atoms with Crippen LogP contribution < -0.4 is 0 Å². The quantitative estimate of drug-likeness (QED) is 0.428. The van der Waals surface area contributed by atoms with Crippen LogP contribution in [0.15, 0.2) is 0 Å². The van der Waals surface area contributed by atoms with E-state index in [1.807, 2.05) is 0 Å². The maximum absolute atomic E-state index is 11.1. The van der Waals surface area contributed by atoms with Crippen molar-refractivity contribution in [2.24, 2.45) is 0 Å². The molecule has 0 bridgehead atoms. The Morgan fingerprint density at radius 1 is 1.05 bits per heavy atom. The number of rotatable bonds is 4. The van der Waals surface area contributed by atoms with Gasteiger partial charge in [-0.2, -0.15) is 0 Å². The first-order valence-electron chi connectivity index (χ1n) is 6.17. The van der Waals surface area contributed by atoms with Crippen molar-refractivity contribution in [3.8, 4) is 0 Å². The number of carbonyl (C=O) groups is 3. The van der Waals surface area contributed by atoms with Crippen molar-refractivity contribution < 1.29 is 38.4 Å². The van der Waals surface area contributed by atoms with Crippen LogP contribution in [0.2, 0.25) is 0 Å². The van der Waals surface area contributed by atoms with Gasteiger partial charge < -0.3 is 24.1 Å². The second-order valence-electron chi connectivity index (χ2n) is 4.46. The van der Waals surface area contributed by atoms with Crippen LogP contribution in [0, 0.1) is 0 Å². The summed E-state index contributed by atoms with van der Waals surface area (Å²) in [7, 11) is 0. The molecule has 1 N–H and O–H groups in total. The van der Waals surface area contributed by atoms with Crippen molar-refractivity contribution in [1.29, 1.82) is 0 Å². The summed E-state index contributed by atoms with van der Waals surface area (Å²) < 4.78 is 19.8. The van der Waals surface area contributed by atoms with Gasteiger partial charge in [-0.05, 0) is 0 Å². The molecule has 0 radical (unpaired) electrons. The minimum atomic E-state index is -1.56. The summed E-state index contributed by atoms with van der Waals surface area (Å²) in [6, 6.07) is 0. The van der Waals surface area contributed by atoms with Crippen LogP contribution in [0.1, 0.15) is 20.8 Å². The number of ether oxygens (including phenoxy) is 4. The molecule has 0 saturated carbocycles. The van der Waals surface area contributed by atoms with Gasteiger partial charge in [-0.3, -0.25) is 14.4 Å². The van der Waals surface area contributed by atoms with Crippen LogP contribution in [0.25, 0.3) is 0 Å². The molecule has 21 heavy (non-hydrogen) atoms. The smallest absolute Gasteiger partial charge is 0.303 e. The van der Waals surface area contributed by atoms with Gasteiger partial charge in [0.05, 0.1) is 0 Å². The molecular weight excluding hydrogens is 308 g/mol. The van der Waals surface area contributed by atoms with Crippen molar-refractivity contribution in [1.82, 2.24) is 0 Å². The average molecular weight is 325 g/mol. The maximum Gasteiger partial charge on any atom is 0.303 e. The standard InChI is InChI=1S/C12H17ClO8/c1-5(14)18-4-8-9(13)10(19-6(2)15)11(12(17)21-8)20-7(3)16/h8-12,17H,4H2,1-3H3/t8-,9-,10+,11-,12+/m1/s1. The highest BCUT2D eigenvalue weighted by Crippen LogP contribution is 2.29. The molecule has 1 rings (SSSR count). The zero-order valence-corrected chi connectivity index (χ0v) is 12.5. The number of esters is 3. The van der Waals surface area contributed by atoms with Gasteiger partial charge in [0.25, 0.3) is 0 Å². The SMILES string of the molecule is CC(=O)OC[C@H]1O[C@H](O)[C@H](OC(C)=O)[C@@H](OC(C)=O)[C@@H]1Cl. The minimum absolute atomic E-state index is 0.231. The molecule has 120 valence electrons. The Kier molecular flexibility index (Phi) is 6.38. The molecule has 0 unspecified atom stereocenters. The third kappa shape index (κ3) is 5.14. The molecule has 1 aliphatic heterocycles.